The molecule has 6 heteroatoms. The lowest BCUT2D eigenvalue weighted by Crippen LogP contribution is -2.16. The van der Waals surface area contributed by atoms with Gasteiger partial charge in [0, 0.05) is 6.42 Å². The van der Waals surface area contributed by atoms with Crippen LogP contribution in [0.25, 0.3) is 11.4 Å². The van der Waals surface area contributed by atoms with Gasteiger partial charge >= 0.3 is 0 Å². The second-order valence-corrected chi connectivity index (χ2v) is 5.77. The van der Waals surface area contributed by atoms with Crippen molar-refractivity contribution in [1.29, 1.82) is 0 Å². The van der Waals surface area contributed by atoms with Crippen LogP contribution in [0.2, 0.25) is 0 Å². The number of anilines is 1. The van der Waals surface area contributed by atoms with Crippen molar-refractivity contribution < 1.29 is 9.53 Å². The third-order valence-electron chi connectivity index (χ3n) is 4.03. The Morgan fingerprint density at radius 3 is 2.95 bits per heavy atom. The van der Waals surface area contributed by atoms with E-state index in [1.54, 1.807) is 7.11 Å². The van der Waals surface area contributed by atoms with E-state index in [4.69, 9.17) is 4.74 Å². The van der Waals surface area contributed by atoms with E-state index in [0.717, 1.165) is 5.56 Å². The Morgan fingerprint density at radius 2 is 2.23 bits per heavy atom. The van der Waals surface area contributed by atoms with Crippen LogP contribution in [0.15, 0.2) is 24.3 Å². The number of hydrogen-bond donors (Lipinski definition) is 2. The minimum atomic E-state index is -0.0371. The smallest absolute Gasteiger partial charge is 0.249 e. The molecule has 0 spiro atoms. The minimum Gasteiger partial charge on any atom is -0.496 e. The molecule has 6 nitrogen and oxygen atoms in total. The number of rotatable bonds is 6. The van der Waals surface area contributed by atoms with Crippen molar-refractivity contribution in [3.8, 4) is 17.1 Å². The number of nitrogens with zero attached hydrogens (tertiary/aromatic N) is 2. The molecule has 1 heterocycles. The number of para-hydroxylation sites is 1. The van der Waals surface area contributed by atoms with Gasteiger partial charge < -0.3 is 4.74 Å². The molecule has 2 aromatic rings. The summed E-state index contributed by atoms with van der Waals surface area (Å²) in [6, 6.07) is 7.53. The zero-order valence-corrected chi connectivity index (χ0v) is 12.8. The van der Waals surface area contributed by atoms with Gasteiger partial charge in [0.1, 0.15) is 5.75 Å². The summed E-state index contributed by atoms with van der Waals surface area (Å²) in [7, 11) is 1.61. The molecular formula is C16H20N4O2. The molecule has 22 heavy (non-hydrogen) atoms. The molecule has 0 aliphatic heterocycles. The van der Waals surface area contributed by atoms with Gasteiger partial charge in [0.2, 0.25) is 11.9 Å². The summed E-state index contributed by atoms with van der Waals surface area (Å²) in [6.45, 7) is 2.12. The fourth-order valence-electron chi connectivity index (χ4n) is 2.58. The van der Waals surface area contributed by atoms with E-state index in [9.17, 15) is 4.79 Å². The van der Waals surface area contributed by atoms with Gasteiger partial charge in [0.25, 0.3) is 0 Å². The van der Waals surface area contributed by atoms with Gasteiger partial charge in [0.15, 0.2) is 5.82 Å². The normalized spacial score (nSPS) is 15.4. The SMILES string of the molecule is COc1ccccc1-c1nc(NC(=O)C[C@@H](C)C2CC2)n[nH]1. The molecule has 0 radical (unpaired) electrons. The molecule has 1 saturated carbocycles. The summed E-state index contributed by atoms with van der Waals surface area (Å²) in [5, 5.41) is 9.64. The molecule has 1 aliphatic carbocycles. The summed E-state index contributed by atoms with van der Waals surface area (Å²) in [4.78, 5) is 16.3. The number of carbonyl (C=O) groups excluding carboxylic acids is 1. The monoisotopic (exact) mass is 300 g/mol. The number of hydrogen-bond acceptors (Lipinski definition) is 4. The van der Waals surface area contributed by atoms with Crippen LogP contribution in [0.4, 0.5) is 5.95 Å². The second-order valence-electron chi connectivity index (χ2n) is 5.77. The Bertz CT molecular complexity index is 664. The number of carbonyl (C=O) groups is 1. The van der Waals surface area contributed by atoms with E-state index in [-0.39, 0.29) is 5.91 Å². The standard InChI is InChI=1S/C16H20N4O2/c1-10(11-7-8-11)9-14(21)17-16-18-15(19-20-16)12-5-3-4-6-13(12)22-2/h3-6,10-11H,7-9H2,1-2H3,(H2,17,18,19,20,21)/t10-/m1/s1. The lowest BCUT2D eigenvalue weighted by atomic mass is 10.0. The molecule has 3 rings (SSSR count). The Balaban J connectivity index is 1.67. The predicted molar refractivity (Wildman–Crippen MR) is 83.5 cm³/mol. The number of aromatic amines is 1. The van der Waals surface area contributed by atoms with Gasteiger partial charge in [0.05, 0.1) is 12.7 Å². The van der Waals surface area contributed by atoms with E-state index >= 15 is 0 Å². The average molecular weight is 300 g/mol. The lowest BCUT2D eigenvalue weighted by molar-refractivity contribution is -0.117. The van der Waals surface area contributed by atoms with Gasteiger partial charge in [-0.25, -0.2) is 0 Å². The van der Waals surface area contributed by atoms with Crippen molar-refractivity contribution in [3.05, 3.63) is 24.3 Å². The molecular weight excluding hydrogens is 280 g/mol. The van der Waals surface area contributed by atoms with Crippen LogP contribution in [-0.4, -0.2) is 28.2 Å². The van der Waals surface area contributed by atoms with E-state index < -0.39 is 0 Å². The molecule has 1 atom stereocenters. The van der Waals surface area contributed by atoms with Crippen LogP contribution < -0.4 is 10.1 Å². The minimum absolute atomic E-state index is 0.0371. The van der Waals surface area contributed by atoms with Gasteiger partial charge in [-0.05, 0) is 36.8 Å². The number of nitrogens with one attached hydrogen (secondary N) is 2. The van der Waals surface area contributed by atoms with Gasteiger partial charge in [-0.1, -0.05) is 19.1 Å². The molecule has 0 saturated heterocycles. The summed E-state index contributed by atoms with van der Waals surface area (Å²) in [5.74, 6) is 2.68. The zero-order valence-electron chi connectivity index (χ0n) is 12.8. The highest BCUT2D eigenvalue weighted by molar-refractivity contribution is 5.89. The maximum atomic E-state index is 12.0. The topological polar surface area (TPSA) is 79.9 Å². The maximum absolute atomic E-state index is 12.0. The number of benzene rings is 1. The molecule has 1 aliphatic rings. The molecule has 2 N–H and O–H groups in total. The van der Waals surface area contributed by atoms with Crippen molar-refractivity contribution >= 4 is 11.9 Å². The molecule has 1 aromatic heterocycles. The van der Waals surface area contributed by atoms with Gasteiger partial charge in [-0.3, -0.25) is 15.2 Å². The number of H-pyrrole nitrogens is 1. The Hall–Kier alpha value is -2.37. The quantitative estimate of drug-likeness (QED) is 0.859. The summed E-state index contributed by atoms with van der Waals surface area (Å²) >= 11 is 0. The van der Waals surface area contributed by atoms with Crippen LogP contribution in [0, 0.1) is 11.8 Å². The van der Waals surface area contributed by atoms with E-state index in [1.165, 1.54) is 12.8 Å². The zero-order chi connectivity index (χ0) is 15.5. The molecule has 1 aromatic carbocycles. The highest BCUT2D eigenvalue weighted by atomic mass is 16.5. The first kappa shape index (κ1) is 14.6. The van der Waals surface area contributed by atoms with E-state index in [2.05, 4.69) is 27.4 Å². The van der Waals surface area contributed by atoms with Crippen LogP contribution in [0.1, 0.15) is 26.2 Å². The Kier molecular flexibility index (Phi) is 4.09. The molecule has 116 valence electrons. The summed E-state index contributed by atoms with van der Waals surface area (Å²) in [6.07, 6.45) is 3.00. The van der Waals surface area contributed by atoms with E-state index in [1.807, 2.05) is 24.3 Å². The Labute approximate surface area is 129 Å². The van der Waals surface area contributed by atoms with Crippen LogP contribution >= 0.6 is 0 Å². The third-order valence-corrected chi connectivity index (χ3v) is 4.03. The average Bonchev–Trinajstić information content (AvgIpc) is 3.28. The first-order chi connectivity index (χ1) is 10.7. The van der Waals surface area contributed by atoms with E-state index in [0.29, 0.717) is 35.8 Å². The van der Waals surface area contributed by atoms with Crippen molar-refractivity contribution in [1.82, 2.24) is 15.2 Å². The van der Waals surface area contributed by atoms with Crippen molar-refractivity contribution in [2.75, 3.05) is 12.4 Å². The highest BCUT2D eigenvalue weighted by Crippen LogP contribution is 2.38. The largest absolute Gasteiger partial charge is 0.496 e. The molecule has 1 fully saturated rings. The lowest BCUT2D eigenvalue weighted by Gasteiger charge is -2.08. The number of amides is 1. The van der Waals surface area contributed by atoms with Crippen LogP contribution in [-0.2, 0) is 4.79 Å². The predicted octanol–water partition coefficient (Wildman–Crippen LogP) is 2.86. The number of aromatic nitrogens is 3. The summed E-state index contributed by atoms with van der Waals surface area (Å²) < 4.78 is 5.30. The van der Waals surface area contributed by atoms with Crippen LogP contribution in [0.3, 0.4) is 0 Å². The first-order valence-electron chi connectivity index (χ1n) is 7.53. The Morgan fingerprint density at radius 1 is 1.45 bits per heavy atom. The third kappa shape index (κ3) is 3.27. The second kappa shape index (κ2) is 6.17. The molecule has 0 bridgehead atoms. The molecule has 0 unspecified atom stereocenters. The summed E-state index contributed by atoms with van der Waals surface area (Å²) in [5.41, 5.74) is 0.810. The van der Waals surface area contributed by atoms with Gasteiger partial charge in [-0.2, -0.15) is 4.98 Å². The molecule has 1 amide bonds. The maximum Gasteiger partial charge on any atom is 0.249 e. The van der Waals surface area contributed by atoms with Crippen LogP contribution in [0.5, 0.6) is 5.75 Å². The number of ether oxygens (including phenoxy) is 1. The fraction of sp³-hybridized carbons (Fsp3) is 0.438. The van der Waals surface area contributed by atoms with Crippen molar-refractivity contribution in [2.45, 2.75) is 26.2 Å². The first-order valence-corrected chi connectivity index (χ1v) is 7.53. The van der Waals surface area contributed by atoms with Crippen molar-refractivity contribution in [2.24, 2.45) is 11.8 Å². The fourth-order valence-corrected chi connectivity index (χ4v) is 2.58. The van der Waals surface area contributed by atoms with Crippen molar-refractivity contribution in [3.63, 3.8) is 0 Å². The highest BCUT2D eigenvalue weighted by Gasteiger charge is 2.29. The van der Waals surface area contributed by atoms with Gasteiger partial charge in [-0.15, -0.1) is 5.10 Å². The number of methoxy groups -OCH3 is 1.